The molecule has 7 aromatic carbocycles. The van der Waals surface area contributed by atoms with Crippen LogP contribution >= 0.6 is 123 Å². The van der Waals surface area contributed by atoms with Gasteiger partial charge in [0.2, 0.25) is 0 Å². The Morgan fingerprint density at radius 1 is 0.340 bits per heavy atom. The molecule has 0 aliphatic carbocycles. The van der Waals surface area contributed by atoms with E-state index in [2.05, 4.69) is 181 Å². The van der Waals surface area contributed by atoms with Crippen LogP contribution in [0.4, 0.5) is 27.8 Å². The summed E-state index contributed by atoms with van der Waals surface area (Å²) in [6.07, 6.45) is 20.7. The van der Waals surface area contributed by atoms with Crippen LogP contribution in [0.1, 0.15) is 45.4 Å². The molecule has 0 unspecified atom stereocenters. The maximum atomic E-state index is 13.0. The van der Waals surface area contributed by atoms with Gasteiger partial charge in [-0.1, -0.05) is 70.0 Å². The molecule has 0 fully saturated rings. The summed E-state index contributed by atoms with van der Waals surface area (Å²) in [7, 11) is 0. The highest BCUT2D eigenvalue weighted by atomic mass is 79.9. The molecule has 45 heteroatoms. The third-order valence-corrected chi connectivity index (χ3v) is 24.9. The minimum atomic E-state index is -4.38. The SMILES string of the molecule is Nc1cn2c(CO)c(-c3ccc(F)cc3)nc2cn1.OCc1c(-c2ccc(Br)cc2)nc2cnc(Br)cn12.OCc1c(-c2ccc(C(F)(F)F)cc2)nc2cnc(Br)cn12.OCc1c(-c2ccc(Cl)cc2)nc2cnc(Br)cn12.OCc1c(-c2ccc(F)cc2)nc2cnc(Br)cn12.OCc1c(-c2ccc3occc3c2)nc2cnc(Br)cn12.OCc1c(-c2cccc3c2OCCO3)nc2cnc(Br)cn12. The number of hydrogen-bond donors (Lipinski definition) is 8. The Balaban J connectivity index is 0.000000113. The highest BCUT2D eigenvalue weighted by Gasteiger charge is 2.31. The number of halogens is 13. The van der Waals surface area contributed by atoms with Crippen molar-refractivity contribution in [3.05, 3.63) is 351 Å². The number of aromatic nitrogens is 21. The van der Waals surface area contributed by atoms with Gasteiger partial charge >= 0.3 is 6.18 Å². The minimum absolute atomic E-state index is 0.0803. The first-order valence-corrected chi connectivity index (χ1v) is 47.7. The number of nitrogen functional groups attached to an aromatic ring is 1. The molecule has 0 amide bonds. The second kappa shape index (κ2) is 43.9. The van der Waals surface area contributed by atoms with E-state index in [0.29, 0.717) is 154 Å². The Hall–Kier alpha value is -13.2. The number of furan rings is 1. The lowest BCUT2D eigenvalue weighted by Gasteiger charge is -2.20. The Morgan fingerprint density at radius 2 is 0.638 bits per heavy atom. The van der Waals surface area contributed by atoms with Crippen molar-refractivity contribution < 1.29 is 71.6 Å². The molecule has 0 saturated carbocycles. The summed E-state index contributed by atoms with van der Waals surface area (Å²) in [5.41, 5.74) is 25.0. The summed E-state index contributed by atoms with van der Waals surface area (Å²) < 4.78 is 97.8. The normalized spacial score (nSPS) is 11.7. The number of anilines is 1. The number of nitrogens with two attached hydrogens (primary N) is 1. The first kappa shape index (κ1) is 99.4. The van der Waals surface area contributed by atoms with Gasteiger partial charge < -0.3 is 55.4 Å². The summed E-state index contributed by atoms with van der Waals surface area (Å²) in [5.74, 6) is 1.08. The van der Waals surface area contributed by atoms with Gasteiger partial charge in [0.15, 0.2) is 51.0 Å². The van der Waals surface area contributed by atoms with E-state index in [0.717, 1.165) is 95.1 Å². The van der Waals surface area contributed by atoms with Crippen LogP contribution in [0.25, 0.3) is 129 Å². The number of fused-ring (bicyclic) bond motifs is 9. The number of aliphatic hydroxyl groups is 7. The van der Waals surface area contributed by atoms with Crippen molar-refractivity contribution in [2.24, 2.45) is 0 Å². The van der Waals surface area contributed by atoms with E-state index >= 15 is 0 Å². The van der Waals surface area contributed by atoms with Crippen molar-refractivity contribution in [3.63, 3.8) is 0 Å². The van der Waals surface area contributed by atoms with E-state index in [1.54, 1.807) is 130 Å². The molecule has 0 radical (unpaired) electrons. The molecule has 1 aliphatic rings. The highest BCUT2D eigenvalue weighted by molar-refractivity contribution is 9.11. The van der Waals surface area contributed by atoms with E-state index in [1.807, 2.05) is 96.5 Å². The fraction of sp³-hybridized carbons (Fsp3) is 0.104. The Labute approximate surface area is 857 Å². The van der Waals surface area contributed by atoms with Gasteiger partial charge in [0.05, 0.1) is 187 Å². The van der Waals surface area contributed by atoms with Crippen molar-refractivity contribution in [1.29, 1.82) is 0 Å². The first-order chi connectivity index (χ1) is 68.2. The quantitative estimate of drug-likeness (QED) is 0.0469. The average molecular weight is 2380 g/mol. The van der Waals surface area contributed by atoms with Gasteiger partial charge in [-0.25, -0.2) is 78.6 Å². The topological polar surface area (TPSA) is 411 Å². The van der Waals surface area contributed by atoms with Crippen molar-refractivity contribution in [3.8, 4) is 90.3 Å². The lowest BCUT2D eigenvalue weighted by molar-refractivity contribution is -0.137. The van der Waals surface area contributed by atoms with Crippen molar-refractivity contribution >= 4 is 179 Å². The molecule has 0 atom stereocenters. The van der Waals surface area contributed by atoms with Crippen LogP contribution in [0, 0.1) is 11.6 Å². The van der Waals surface area contributed by atoms with Gasteiger partial charge in [-0.05, 0) is 217 Å². The molecule has 9 N–H and O–H groups in total. The zero-order chi connectivity index (χ0) is 99.0. The number of benzene rings is 7. The zero-order valence-electron chi connectivity index (χ0n) is 72.4. The van der Waals surface area contributed by atoms with Crippen LogP contribution in [-0.2, 0) is 52.4 Å². The van der Waals surface area contributed by atoms with Crippen molar-refractivity contribution in [2.75, 3.05) is 18.9 Å². The van der Waals surface area contributed by atoms with Crippen LogP contribution in [0.15, 0.2) is 293 Å². The molecule has 0 spiro atoms. The molecule has 22 aromatic rings. The molecule has 32 nitrogen and oxygen atoms in total. The maximum Gasteiger partial charge on any atom is 0.416 e. The Morgan fingerprint density at radius 3 is 0.993 bits per heavy atom. The third-order valence-electron chi connectivity index (χ3n) is 21.6. The molecule has 0 bridgehead atoms. The number of hydrogen-bond acceptors (Lipinski definition) is 25. The Bertz CT molecular complexity index is 7790. The first-order valence-electron chi connectivity index (χ1n) is 41.8. The molecule has 714 valence electrons. The number of aliphatic hydroxyl groups excluding tert-OH is 7. The van der Waals surface area contributed by atoms with Crippen LogP contribution in [0.2, 0.25) is 5.02 Å². The smallest absolute Gasteiger partial charge is 0.416 e. The van der Waals surface area contributed by atoms with Gasteiger partial charge in [0.1, 0.15) is 63.9 Å². The molecule has 141 heavy (non-hydrogen) atoms. The average Bonchev–Trinajstić information content (AvgIpc) is 1.62. The number of alkyl halides is 3. The van der Waals surface area contributed by atoms with Gasteiger partial charge in [-0.3, -0.25) is 30.8 Å². The fourth-order valence-electron chi connectivity index (χ4n) is 15.2. The second-order valence-corrected chi connectivity index (χ2v) is 36.5. The predicted molar refractivity (Wildman–Crippen MR) is 539 cm³/mol. The van der Waals surface area contributed by atoms with Crippen molar-refractivity contribution in [1.82, 2.24) is 101 Å². The molecule has 23 rings (SSSR count). The van der Waals surface area contributed by atoms with E-state index in [1.165, 1.54) is 48.8 Å². The second-order valence-electron chi connectivity index (χ2n) is 30.2. The number of ether oxygens (including phenoxy) is 2. The van der Waals surface area contributed by atoms with Crippen LogP contribution in [-0.4, -0.2) is 150 Å². The van der Waals surface area contributed by atoms with Crippen LogP contribution in [0.5, 0.6) is 11.5 Å². The minimum Gasteiger partial charge on any atom is -0.486 e. The lowest BCUT2D eigenvalue weighted by atomic mass is 10.1. The number of imidazole rings is 7. The lowest BCUT2D eigenvalue weighted by Crippen LogP contribution is -2.16. The molecule has 16 heterocycles. The van der Waals surface area contributed by atoms with Crippen molar-refractivity contribution in [2.45, 2.75) is 52.4 Å². The molecule has 0 saturated heterocycles. The van der Waals surface area contributed by atoms with Gasteiger partial charge in [0, 0.05) is 91.0 Å². The zero-order valence-corrected chi connectivity index (χ0v) is 84.2. The monoisotopic (exact) mass is 2370 g/mol. The summed E-state index contributed by atoms with van der Waals surface area (Å²) in [4.78, 5) is 60.0. The van der Waals surface area contributed by atoms with Gasteiger partial charge in [-0.15, -0.1) is 0 Å². The molecular weight excluding hydrogens is 2310 g/mol. The number of nitrogens with zero attached hydrogens (tertiary/aromatic N) is 21. The van der Waals surface area contributed by atoms with E-state index in [-0.39, 0.29) is 57.9 Å². The summed E-state index contributed by atoms with van der Waals surface area (Å²) in [6.45, 7) is -0.0492. The van der Waals surface area contributed by atoms with E-state index in [9.17, 15) is 57.7 Å². The largest absolute Gasteiger partial charge is 0.486 e. The fourth-order valence-corrected chi connectivity index (χ4v) is 17.4. The molecule has 1 aliphatic heterocycles. The Kier molecular flexibility index (Phi) is 31.0. The third kappa shape index (κ3) is 22.0. The summed E-state index contributed by atoms with van der Waals surface area (Å²) in [5, 5.41) is 69.0. The predicted octanol–water partition coefficient (Wildman–Crippen LogP) is 20.6. The molecule has 15 aromatic heterocycles. The summed E-state index contributed by atoms with van der Waals surface area (Å²) in [6, 6.07) is 45.3. The standard InChI is InChI=1S/C15H12BrN3O3.C15H10BrN3O2.C14H9BrF3N3O.C13H9Br2N3O.C13H9BrClN3O.C13H9BrFN3O.C13H11FN4O/c16-12-7-19-10(8-20)14(18-13(19)6-17-12)9-2-1-3-11-15(9)22-5-4-21-11;16-13-7-19-11(8-20)15(18-14(19)6-17-13)10-1-2-12-9(5-10)3-4-21-12;15-11-6-21-10(7-22)13(20-12(21)5-19-11)8-1-3-9(4-2-8)14(16,17)18;14-9-3-1-8(2-4-9)13-10(7-19)18-6-11(15)16-5-12(18)17-13;2*14-11-6-18-10(7-19)13(17-12(18)5-16-11)8-1-3-9(15)4-2-8;14-9-3-1-8(2-4-9)13-10(7-19)18-6-11(15)16-5-12(18)17-13/h1-3,6-7,20H,4-5,8H2;1-7,20H,8H2;1-6,22H,7H2;3*1-6,19H,7H2;1-6,19H,7,15H2. The van der Waals surface area contributed by atoms with Gasteiger partial charge in [-0.2, -0.15) is 13.2 Å². The highest BCUT2D eigenvalue weighted by Crippen LogP contribution is 2.42. The molecular formula is C96H69Br7ClF5N22O10. The van der Waals surface area contributed by atoms with Crippen LogP contribution in [0.3, 0.4) is 0 Å². The van der Waals surface area contributed by atoms with E-state index < -0.39 is 11.7 Å². The van der Waals surface area contributed by atoms with Crippen LogP contribution < -0.4 is 15.2 Å². The maximum absolute atomic E-state index is 13.0. The number of para-hydroxylation sites is 1. The van der Waals surface area contributed by atoms with Gasteiger partial charge in [0.25, 0.3) is 0 Å². The van der Waals surface area contributed by atoms with E-state index in [4.69, 9.17) is 31.2 Å². The number of rotatable bonds is 14. The summed E-state index contributed by atoms with van der Waals surface area (Å²) >= 11 is 29.1.